The average Bonchev–Trinajstić information content (AvgIpc) is 2.72. The van der Waals surface area contributed by atoms with Gasteiger partial charge in [0.05, 0.1) is 22.0 Å². The highest BCUT2D eigenvalue weighted by Crippen LogP contribution is 2.24. The Bertz CT molecular complexity index is 1080. The topological polar surface area (TPSA) is 86.8 Å². The van der Waals surface area contributed by atoms with Crippen LogP contribution in [0, 0.1) is 6.92 Å². The molecule has 1 unspecified atom stereocenters. The van der Waals surface area contributed by atoms with Crippen LogP contribution in [-0.2, 0) is 26.2 Å². The number of aryl methyl sites for hydroxylation is 1. The molecule has 0 saturated heterocycles. The van der Waals surface area contributed by atoms with Crippen LogP contribution in [0.5, 0.6) is 0 Å². The predicted molar refractivity (Wildman–Crippen MR) is 129 cm³/mol. The fourth-order valence-corrected chi connectivity index (χ4v) is 4.23. The first-order chi connectivity index (χ1) is 14.9. The fourth-order valence-electron chi connectivity index (χ4n) is 3.06. The molecule has 174 valence electrons. The first-order valence-electron chi connectivity index (χ1n) is 9.99. The van der Waals surface area contributed by atoms with E-state index in [1.807, 2.05) is 6.92 Å². The minimum absolute atomic E-state index is 0.0551. The highest BCUT2D eigenvalue weighted by molar-refractivity contribution is 7.92. The molecule has 10 heteroatoms. The Hall–Kier alpha value is -2.29. The summed E-state index contributed by atoms with van der Waals surface area (Å²) in [5.41, 5.74) is 1.98. The second kappa shape index (κ2) is 11.0. The Morgan fingerprint density at radius 1 is 1.06 bits per heavy atom. The number of anilines is 1. The molecule has 7 nitrogen and oxygen atoms in total. The lowest BCUT2D eigenvalue weighted by molar-refractivity contribution is -0.139. The van der Waals surface area contributed by atoms with Gasteiger partial charge in [0.1, 0.15) is 12.6 Å². The van der Waals surface area contributed by atoms with Gasteiger partial charge in [0.15, 0.2) is 0 Å². The van der Waals surface area contributed by atoms with Crippen LogP contribution in [0.3, 0.4) is 0 Å². The van der Waals surface area contributed by atoms with E-state index in [1.165, 1.54) is 4.90 Å². The lowest BCUT2D eigenvalue weighted by atomic mass is 10.1. The third-order valence-corrected chi connectivity index (χ3v) is 6.74. The molecule has 0 heterocycles. The summed E-state index contributed by atoms with van der Waals surface area (Å²) in [6.07, 6.45) is 1.04. The third kappa shape index (κ3) is 6.85. The highest BCUT2D eigenvalue weighted by atomic mass is 35.5. The zero-order chi connectivity index (χ0) is 24.1. The monoisotopic (exact) mass is 499 g/mol. The Labute approximate surface area is 199 Å². The maximum Gasteiger partial charge on any atom is 0.244 e. The first-order valence-corrected chi connectivity index (χ1v) is 12.6. The summed E-state index contributed by atoms with van der Waals surface area (Å²) < 4.78 is 26.0. The van der Waals surface area contributed by atoms with Gasteiger partial charge >= 0.3 is 0 Å². The molecule has 0 spiro atoms. The number of hydrogen-bond acceptors (Lipinski definition) is 4. The lowest BCUT2D eigenvalue weighted by Crippen LogP contribution is -2.51. The number of sulfonamides is 1. The Morgan fingerprint density at radius 2 is 1.69 bits per heavy atom. The van der Waals surface area contributed by atoms with E-state index < -0.39 is 28.5 Å². The molecule has 2 aromatic rings. The predicted octanol–water partition coefficient (Wildman–Crippen LogP) is 3.62. The van der Waals surface area contributed by atoms with Gasteiger partial charge in [-0.05, 0) is 50.6 Å². The summed E-state index contributed by atoms with van der Waals surface area (Å²) in [6.45, 7) is 5.26. The minimum atomic E-state index is -3.75. The van der Waals surface area contributed by atoms with E-state index in [1.54, 1.807) is 56.3 Å². The standard InChI is InChI=1S/C22H27Cl2N3O4S/c1-5-25-22(29)16(3)26(13-17-8-11-19(23)20(24)12-17)21(28)14-27(32(4,30)31)18-9-6-15(2)7-10-18/h6-12,16H,5,13-14H2,1-4H3,(H,25,29). The van der Waals surface area contributed by atoms with Gasteiger partial charge in [0.2, 0.25) is 21.8 Å². The number of likely N-dealkylation sites (N-methyl/N-ethyl adjacent to an activating group) is 1. The summed E-state index contributed by atoms with van der Waals surface area (Å²) in [7, 11) is -3.75. The zero-order valence-electron chi connectivity index (χ0n) is 18.4. The summed E-state index contributed by atoms with van der Waals surface area (Å²) in [5.74, 6) is -0.872. The smallest absolute Gasteiger partial charge is 0.244 e. The summed E-state index contributed by atoms with van der Waals surface area (Å²) in [4.78, 5) is 27.2. The normalized spacial score (nSPS) is 12.2. The van der Waals surface area contributed by atoms with Crippen molar-refractivity contribution in [3.05, 3.63) is 63.6 Å². The molecule has 0 aromatic heterocycles. The van der Waals surface area contributed by atoms with Crippen LogP contribution < -0.4 is 9.62 Å². The second-order valence-electron chi connectivity index (χ2n) is 7.45. The van der Waals surface area contributed by atoms with Crippen molar-refractivity contribution in [1.82, 2.24) is 10.2 Å². The van der Waals surface area contributed by atoms with Crippen molar-refractivity contribution >= 4 is 50.7 Å². The second-order valence-corrected chi connectivity index (χ2v) is 10.2. The Balaban J connectivity index is 2.39. The van der Waals surface area contributed by atoms with Gasteiger partial charge < -0.3 is 10.2 Å². The van der Waals surface area contributed by atoms with Crippen LogP contribution in [0.4, 0.5) is 5.69 Å². The van der Waals surface area contributed by atoms with Crippen LogP contribution >= 0.6 is 23.2 Å². The number of hydrogen-bond donors (Lipinski definition) is 1. The first kappa shape index (κ1) is 26.0. The Kier molecular flexibility index (Phi) is 8.95. The van der Waals surface area contributed by atoms with E-state index in [-0.39, 0.29) is 12.5 Å². The van der Waals surface area contributed by atoms with E-state index >= 15 is 0 Å². The molecular weight excluding hydrogens is 473 g/mol. The molecule has 0 radical (unpaired) electrons. The maximum absolute atomic E-state index is 13.3. The van der Waals surface area contributed by atoms with E-state index in [0.29, 0.717) is 27.8 Å². The minimum Gasteiger partial charge on any atom is -0.355 e. The van der Waals surface area contributed by atoms with Crippen molar-refractivity contribution < 1.29 is 18.0 Å². The highest BCUT2D eigenvalue weighted by Gasteiger charge is 2.30. The van der Waals surface area contributed by atoms with Gasteiger partial charge in [-0.15, -0.1) is 0 Å². The molecule has 2 aromatic carbocycles. The van der Waals surface area contributed by atoms with Gasteiger partial charge in [0, 0.05) is 13.1 Å². The average molecular weight is 500 g/mol. The quantitative estimate of drug-likeness (QED) is 0.570. The van der Waals surface area contributed by atoms with Crippen LogP contribution in [0.1, 0.15) is 25.0 Å². The van der Waals surface area contributed by atoms with E-state index in [9.17, 15) is 18.0 Å². The molecule has 0 bridgehead atoms. The lowest BCUT2D eigenvalue weighted by Gasteiger charge is -2.31. The number of rotatable bonds is 9. The molecule has 1 N–H and O–H groups in total. The number of amides is 2. The number of nitrogens with zero attached hydrogens (tertiary/aromatic N) is 2. The fraction of sp³-hybridized carbons (Fsp3) is 0.364. The molecule has 0 aliphatic carbocycles. The molecule has 2 amide bonds. The molecule has 0 aliphatic rings. The summed E-state index contributed by atoms with van der Waals surface area (Å²) in [6, 6.07) is 10.9. The number of carbonyl (C=O) groups excluding carboxylic acids is 2. The van der Waals surface area contributed by atoms with Crippen molar-refractivity contribution in [3.8, 4) is 0 Å². The third-order valence-electron chi connectivity index (χ3n) is 4.86. The van der Waals surface area contributed by atoms with E-state index in [2.05, 4.69) is 5.32 Å². The van der Waals surface area contributed by atoms with Crippen molar-refractivity contribution in [2.45, 2.75) is 33.4 Å². The van der Waals surface area contributed by atoms with Gasteiger partial charge in [-0.1, -0.05) is 47.0 Å². The number of benzene rings is 2. The van der Waals surface area contributed by atoms with Crippen molar-refractivity contribution in [2.24, 2.45) is 0 Å². The van der Waals surface area contributed by atoms with Crippen molar-refractivity contribution in [1.29, 1.82) is 0 Å². The molecule has 1 atom stereocenters. The summed E-state index contributed by atoms with van der Waals surface area (Å²) >= 11 is 12.1. The molecule has 2 rings (SSSR count). The van der Waals surface area contributed by atoms with Gasteiger partial charge in [0.25, 0.3) is 0 Å². The van der Waals surface area contributed by atoms with Crippen molar-refractivity contribution in [2.75, 3.05) is 23.7 Å². The maximum atomic E-state index is 13.3. The molecular formula is C22H27Cl2N3O4S. The van der Waals surface area contributed by atoms with E-state index in [0.717, 1.165) is 16.1 Å². The molecule has 0 fully saturated rings. The zero-order valence-corrected chi connectivity index (χ0v) is 20.8. The van der Waals surface area contributed by atoms with Gasteiger partial charge in [-0.2, -0.15) is 0 Å². The van der Waals surface area contributed by atoms with Crippen molar-refractivity contribution in [3.63, 3.8) is 0 Å². The number of halogens is 2. The van der Waals surface area contributed by atoms with Crippen LogP contribution in [-0.4, -0.2) is 50.5 Å². The van der Waals surface area contributed by atoms with Crippen LogP contribution in [0.2, 0.25) is 10.0 Å². The number of carbonyl (C=O) groups is 2. The van der Waals surface area contributed by atoms with Crippen LogP contribution in [0.15, 0.2) is 42.5 Å². The van der Waals surface area contributed by atoms with Gasteiger partial charge in [-0.3, -0.25) is 13.9 Å². The summed E-state index contributed by atoms with van der Waals surface area (Å²) in [5, 5.41) is 3.38. The largest absolute Gasteiger partial charge is 0.355 e. The molecule has 0 saturated carbocycles. The Morgan fingerprint density at radius 3 is 2.22 bits per heavy atom. The number of nitrogens with one attached hydrogen (secondary N) is 1. The van der Waals surface area contributed by atoms with Crippen LogP contribution in [0.25, 0.3) is 0 Å². The molecule has 0 aliphatic heterocycles. The SMILES string of the molecule is CCNC(=O)C(C)N(Cc1ccc(Cl)c(Cl)c1)C(=O)CN(c1ccc(C)cc1)S(C)(=O)=O. The van der Waals surface area contributed by atoms with Gasteiger partial charge in [-0.25, -0.2) is 8.42 Å². The molecule has 32 heavy (non-hydrogen) atoms. The van der Waals surface area contributed by atoms with E-state index in [4.69, 9.17) is 23.2 Å².